The van der Waals surface area contributed by atoms with Gasteiger partial charge in [0.15, 0.2) is 11.6 Å². The van der Waals surface area contributed by atoms with Crippen molar-refractivity contribution in [2.45, 2.75) is 6.18 Å². The van der Waals surface area contributed by atoms with E-state index in [1.807, 2.05) is 0 Å². The van der Waals surface area contributed by atoms with E-state index in [1.54, 1.807) is 10.6 Å². The number of H-pyrrole nitrogens is 2. The third kappa shape index (κ3) is 2.47. The van der Waals surface area contributed by atoms with Gasteiger partial charge in [0, 0.05) is 0 Å². The highest BCUT2D eigenvalue weighted by molar-refractivity contribution is 5.76. The van der Waals surface area contributed by atoms with Crippen LogP contribution in [0.15, 0.2) is 24.9 Å². The number of ether oxygens (including phenoxy) is 1. The largest absolute Gasteiger partial charge is 0.494 e. The first-order valence-corrected chi connectivity index (χ1v) is 6.88. The van der Waals surface area contributed by atoms with E-state index in [0.717, 1.165) is 0 Å². The van der Waals surface area contributed by atoms with Gasteiger partial charge in [-0.2, -0.15) is 13.2 Å². The van der Waals surface area contributed by atoms with Crippen LogP contribution in [-0.2, 0) is 6.18 Å². The Hall–Kier alpha value is -3.44. The molecule has 0 radical (unpaired) electrons. The van der Waals surface area contributed by atoms with Crippen LogP contribution in [0.2, 0.25) is 0 Å². The molecule has 4 rings (SSSR count). The van der Waals surface area contributed by atoms with Gasteiger partial charge in [0.1, 0.15) is 11.4 Å². The fraction of sp³-hybridized carbons (Fsp3) is 0.154. The SMILES string of the molecule is COc1cnc2nc(-c3nc(C(F)(F)F)n[nH]3)c(-c3cnc[nH]3)n2c1. The minimum atomic E-state index is -4.66. The molecule has 0 aliphatic rings. The van der Waals surface area contributed by atoms with Gasteiger partial charge in [-0.05, 0) is 0 Å². The predicted octanol–water partition coefficient (Wildman–Crippen LogP) is 1.93. The molecule has 0 spiro atoms. The van der Waals surface area contributed by atoms with Crippen LogP contribution in [0.3, 0.4) is 0 Å². The Kier molecular flexibility index (Phi) is 3.20. The van der Waals surface area contributed by atoms with Gasteiger partial charge in [-0.3, -0.25) is 9.50 Å². The zero-order chi connectivity index (χ0) is 17.6. The number of fused-ring (bicyclic) bond motifs is 1. The van der Waals surface area contributed by atoms with E-state index in [0.29, 0.717) is 17.1 Å². The van der Waals surface area contributed by atoms with E-state index < -0.39 is 12.0 Å². The fourth-order valence-corrected chi connectivity index (χ4v) is 2.32. The summed E-state index contributed by atoms with van der Waals surface area (Å²) in [6.07, 6.45) is 1.34. The van der Waals surface area contributed by atoms with Gasteiger partial charge in [-0.25, -0.2) is 19.9 Å². The summed E-state index contributed by atoms with van der Waals surface area (Å²) in [5, 5.41) is 5.48. The summed E-state index contributed by atoms with van der Waals surface area (Å²) in [6.45, 7) is 0. The van der Waals surface area contributed by atoms with Gasteiger partial charge in [0.25, 0.3) is 5.82 Å². The van der Waals surface area contributed by atoms with Crippen molar-refractivity contribution in [3.05, 3.63) is 30.7 Å². The molecule has 2 N–H and O–H groups in total. The third-order valence-electron chi connectivity index (χ3n) is 3.41. The van der Waals surface area contributed by atoms with E-state index in [4.69, 9.17) is 4.74 Å². The summed E-state index contributed by atoms with van der Waals surface area (Å²) in [7, 11) is 1.47. The number of nitrogens with zero attached hydrogens (tertiary/aromatic N) is 6. The van der Waals surface area contributed by atoms with E-state index >= 15 is 0 Å². The van der Waals surface area contributed by atoms with Crippen molar-refractivity contribution < 1.29 is 17.9 Å². The second-order valence-corrected chi connectivity index (χ2v) is 4.94. The van der Waals surface area contributed by atoms with Crippen LogP contribution in [0, 0.1) is 0 Å². The molecule has 0 aliphatic carbocycles. The monoisotopic (exact) mass is 350 g/mol. The highest BCUT2D eigenvalue weighted by atomic mass is 19.4. The number of nitrogens with one attached hydrogen (secondary N) is 2. The number of imidazole rings is 2. The summed E-state index contributed by atoms with van der Waals surface area (Å²) in [5.74, 6) is -0.710. The summed E-state index contributed by atoms with van der Waals surface area (Å²) >= 11 is 0. The normalized spacial score (nSPS) is 12.0. The lowest BCUT2D eigenvalue weighted by atomic mass is 10.2. The van der Waals surface area contributed by atoms with Crippen LogP contribution in [-0.4, -0.2) is 46.6 Å². The number of hydrogen-bond acceptors (Lipinski definition) is 6. The first-order chi connectivity index (χ1) is 12.0. The molecule has 4 heterocycles. The van der Waals surface area contributed by atoms with Crippen LogP contribution in [0.1, 0.15) is 5.82 Å². The first-order valence-electron chi connectivity index (χ1n) is 6.88. The van der Waals surface area contributed by atoms with E-state index in [-0.39, 0.29) is 17.3 Å². The minimum Gasteiger partial charge on any atom is -0.494 e. The summed E-state index contributed by atoms with van der Waals surface area (Å²) in [4.78, 5) is 18.7. The Morgan fingerprint density at radius 2 is 2.04 bits per heavy atom. The van der Waals surface area contributed by atoms with E-state index in [1.165, 1.54) is 25.8 Å². The quantitative estimate of drug-likeness (QED) is 0.584. The highest BCUT2D eigenvalue weighted by Gasteiger charge is 2.36. The second-order valence-electron chi connectivity index (χ2n) is 4.94. The van der Waals surface area contributed by atoms with Crippen molar-refractivity contribution in [2.24, 2.45) is 0 Å². The van der Waals surface area contributed by atoms with Gasteiger partial charge < -0.3 is 9.72 Å². The fourth-order valence-electron chi connectivity index (χ4n) is 2.32. The first kappa shape index (κ1) is 15.1. The third-order valence-corrected chi connectivity index (χ3v) is 3.41. The molecule has 12 heteroatoms. The molecule has 0 aromatic carbocycles. The molecule has 9 nitrogen and oxygen atoms in total. The number of aromatic amines is 2. The Bertz CT molecular complexity index is 1030. The molecule has 0 fully saturated rings. The van der Waals surface area contributed by atoms with Crippen molar-refractivity contribution in [2.75, 3.05) is 7.11 Å². The molecule has 128 valence electrons. The molecule has 0 atom stereocenters. The molecular weight excluding hydrogens is 341 g/mol. The molecule has 0 amide bonds. The number of methoxy groups -OCH3 is 1. The zero-order valence-corrected chi connectivity index (χ0v) is 12.5. The summed E-state index contributed by atoms with van der Waals surface area (Å²) < 4.78 is 45.0. The van der Waals surface area contributed by atoms with Crippen LogP contribution in [0.4, 0.5) is 13.2 Å². The van der Waals surface area contributed by atoms with Gasteiger partial charge >= 0.3 is 6.18 Å². The van der Waals surface area contributed by atoms with Crippen LogP contribution >= 0.6 is 0 Å². The van der Waals surface area contributed by atoms with E-state index in [2.05, 4.69) is 35.1 Å². The van der Waals surface area contributed by atoms with Gasteiger partial charge in [0.05, 0.1) is 37.7 Å². The topological polar surface area (TPSA) is 110 Å². The lowest BCUT2D eigenvalue weighted by Gasteiger charge is -2.03. The van der Waals surface area contributed by atoms with Crippen LogP contribution in [0.5, 0.6) is 5.75 Å². The van der Waals surface area contributed by atoms with Crippen molar-refractivity contribution in [1.29, 1.82) is 0 Å². The average Bonchev–Trinajstić information content (AvgIpc) is 3.30. The number of halogens is 3. The average molecular weight is 350 g/mol. The predicted molar refractivity (Wildman–Crippen MR) is 77.5 cm³/mol. The van der Waals surface area contributed by atoms with Gasteiger partial charge in [-0.1, -0.05) is 0 Å². The maximum atomic E-state index is 12.8. The van der Waals surface area contributed by atoms with Crippen molar-refractivity contribution in [3.8, 4) is 28.7 Å². The maximum Gasteiger partial charge on any atom is 0.453 e. The standard InChI is InChI=1S/C13H9F3N8O/c1-25-6-2-18-12-20-8(10-21-11(23-22-10)13(14,15)16)9(24(12)4-6)7-3-17-5-19-7/h2-5H,1H3,(H,17,19)(H,21,22,23). The molecule has 4 aromatic heterocycles. The minimum absolute atomic E-state index is 0.138. The Balaban J connectivity index is 1.97. The Labute approximate surface area is 136 Å². The summed E-state index contributed by atoms with van der Waals surface area (Å²) in [6, 6.07) is 0. The molecule has 0 saturated heterocycles. The number of hydrogen-bond donors (Lipinski definition) is 2. The van der Waals surface area contributed by atoms with Crippen molar-refractivity contribution >= 4 is 5.78 Å². The van der Waals surface area contributed by atoms with Crippen molar-refractivity contribution in [1.82, 2.24) is 39.5 Å². The molecule has 0 saturated carbocycles. The molecule has 0 aliphatic heterocycles. The lowest BCUT2D eigenvalue weighted by Crippen LogP contribution is -2.07. The lowest BCUT2D eigenvalue weighted by molar-refractivity contribution is -0.144. The van der Waals surface area contributed by atoms with Gasteiger partial charge in [-0.15, -0.1) is 5.10 Å². The number of rotatable bonds is 3. The van der Waals surface area contributed by atoms with Crippen molar-refractivity contribution in [3.63, 3.8) is 0 Å². The second kappa shape index (κ2) is 5.29. The van der Waals surface area contributed by atoms with E-state index in [9.17, 15) is 13.2 Å². The molecule has 4 aromatic rings. The zero-order valence-electron chi connectivity index (χ0n) is 12.5. The maximum absolute atomic E-state index is 12.8. The molecule has 25 heavy (non-hydrogen) atoms. The van der Waals surface area contributed by atoms with Crippen LogP contribution in [0.25, 0.3) is 28.7 Å². The number of aromatic nitrogens is 8. The highest BCUT2D eigenvalue weighted by Crippen LogP contribution is 2.32. The smallest absolute Gasteiger partial charge is 0.453 e. The Morgan fingerprint density at radius 3 is 2.68 bits per heavy atom. The van der Waals surface area contributed by atoms with Crippen LogP contribution < -0.4 is 4.74 Å². The van der Waals surface area contributed by atoms with Gasteiger partial charge in [0.2, 0.25) is 5.78 Å². The number of alkyl halides is 3. The summed E-state index contributed by atoms with van der Waals surface area (Å²) in [5.41, 5.74) is 1.08. The molecule has 0 bridgehead atoms. The molecular formula is C13H9F3N8O. The Morgan fingerprint density at radius 1 is 1.20 bits per heavy atom. The molecule has 0 unspecified atom stereocenters.